The number of carboxylic acid groups (broad SMARTS) is 1. The van der Waals surface area contributed by atoms with Crippen molar-refractivity contribution in [2.75, 3.05) is 6.61 Å². The quantitative estimate of drug-likeness (QED) is 0.611. The Bertz CT molecular complexity index is 593. The summed E-state index contributed by atoms with van der Waals surface area (Å²) in [4.78, 5) is 12.1. The van der Waals surface area contributed by atoms with Crippen LogP contribution in [-0.2, 0) is 4.79 Å². The second-order valence-corrected chi connectivity index (χ2v) is 10.2. The molecule has 5 nitrogen and oxygen atoms in total. The van der Waals surface area contributed by atoms with Gasteiger partial charge in [-0.15, -0.1) is 0 Å². The SMILES string of the molecule is C[C@@]12C[C@H](O)C[C@@](C)(C(=O)O)C1CC[C@@]13C[C@@H](CCC12)[C@@](O)(CO)C3. The van der Waals surface area contributed by atoms with E-state index in [0.29, 0.717) is 25.2 Å². The van der Waals surface area contributed by atoms with Crippen molar-refractivity contribution in [3.8, 4) is 0 Å². The number of aliphatic carboxylic acids is 1. The predicted octanol–water partition coefficient (Wildman–Crippen LogP) is 2.18. The topological polar surface area (TPSA) is 98.0 Å². The minimum Gasteiger partial charge on any atom is -0.481 e. The van der Waals surface area contributed by atoms with Crippen molar-refractivity contribution >= 4 is 5.97 Å². The molecule has 4 N–H and O–H groups in total. The standard InChI is InChI=1S/C20H32O5/c1-17-8-13(22)9-18(2,16(23)24)14(17)5-6-19-7-12(3-4-15(17)19)20(25,10-19)11-21/h12-15,21-22,25H,3-11H2,1-2H3,(H,23,24)/t12-,13+,14?,15?,17-,18-,19+,20+/m1/s1. The fraction of sp³-hybridized carbons (Fsp3) is 0.950. The first-order valence-corrected chi connectivity index (χ1v) is 9.84. The van der Waals surface area contributed by atoms with E-state index in [1.807, 2.05) is 6.92 Å². The van der Waals surface area contributed by atoms with Gasteiger partial charge in [-0.1, -0.05) is 6.92 Å². The predicted molar refractivity (Wildman–Crippen MR) is 91.7 cm³/mol. The van der Waals surface area contributed by atoms with Gasteiger partial charge >= 0.3 is 5.97 Å². The van der Waals surface area contributed by atoms with Gasteiger partial charge in [-0.2, -0.15) is 0 Å². The molecule has 2 unspecified atom stereocenters. The Morgan fingerprint density at radius 1 is 1.08 bits per heavy atom. The Morgan fingerprint density at radius 2 is 1.80 bits per heavy atom. The van der Waals surface area contributed by atoms with Crippen LogP contribution in [0.3, 0.4) is 0 Å². The normalized spacial score (nSPS) is 57.6. The molecule has 2 bridgehead atoms. The lowest BCUT2D eigenvalue weighted by Crippen LogP contribution is -2.60. The molecule has 4 saturated carbocycles. The van der Waals surface area contributed by atoms with Gasteiger partial charge in [0, 0.05) is 0 Å². The molecule has 142 valence electrons. The highest BCUT2D eigenvalue weighted by Crippen LogP contribution is 2.72. The highest BCUT2D eigenvalue weighted by Gasteiger charge is 2.69. The van der Waals surface area contributed by atoms with E-state index in [0.717, 1.165) is 32.1 Å². The Morgan fingerprint density at radius 3 is 2.44 bits per heavy atom. The van der Waals surface area contributed by atoms with Gasteiger partial charge in [-0.05, 0) is 86.9 Å². The fourth-order valence-electron chi connectivity index (χ4n) is 8.18. The van der Waals surface area contributed by atoms with Gasteiger partial charge in [-0.25, -0.2) is 0 Å². The third-order valence-electron chi connectivity index (χ3n) is 9.00. The van der Waals surface area contributed by atoms with Gasteiger partial charge in [0.1, 0.15) is 0 Å². The van der Waals surface area contributed by atoms with E-state index in [1.54, 1.807) is 0 Å². The van der Waals surface area contributed by atoms with Crippen LogP contribution < -0.4 is 0 Å². The maximum absolute atomic E-state index is 12.1. The molecule has 4 rings (SSSR count). The van der Waals surface area contributed by atoms with Crippen molar-refractivity contribution < 1.29 is 25.2 Å². The van der Waals surface area contributed by atoms with Gasteiger partial charge in [0.25, 0.3) is 0 Å². The number of hydrogen-bond acceptors (Lipinski definition) is 4. The van der Waals surface area contributed by atoms with Crippen LogP contribution in [0, 0.1) is 34.0 Å². The average Bonchev–Trinajstić information content (AvgIpc) is 2.73. The minimum absolute atomic E-state index is 0.00210. The third kappa shape index (κ3) is 2.15. The summed E-state index contributed by atoms with van der Waals surface area (Å²) in [5, 5.41) is 41.2. The zero-order valence-corrected chi connectivity index (χ0v) is 15.4. The minimum atomic E-state index is -0.971. The van der Waals surface area contributed by atoms with Gasteiger partial charge in [0.2, 0.25) is 0 Å². The molecule has 4 fully saturated rings. The molecular weight excluding hydrogens is 320 g/mol. The van der Waals surface area contributed by atoms with Gasteiger partial charge < -0.3 is 20.4 Å². The van der Waals surface area contributed by atoms with Crippen LogP contribution in [-0.4, -0.2) is 44.7 Å². The van der Waals surface area contributed by atoms with E-state index < -0.39 is 23.1 Å². The lowest BCUT2D eigenvalue weighted by molar-refractivity contribution is -0.195. The van der Waals surface area contributed by atoms with Crippen molar-refractivity contribution in [3.05, 3.63) is 0 Å². The van der Waals surface area contributed by atoms with E-state index in [9.17, 15) is 25.2 Å². The van der Waals surface area contributed by atoms with Crippen LogP contribution in [0.25, 0.3) is 0 Å². The summed E-state index contributed by atoms with van der Waals surface area (Å²) in [5.74, 6) is -0.237. The van der Waals surface area contributed by atoms with Gasteiger partial charge in [0.05, 0.1) is 23.7 Å². The number of carboxylic acids is 1. The Kier molecular flexibility index (Phi) is 3.69. The Hall–Kier alpha value is -0.650. The second kappa shape index (κ2) is 5.20. The van der Waals surface area contributed by atoms with E-state index >= 15 is 0 Å². The molecule has 0 aromatic carbocycles. The van der Waals surface area contributed by atoms with Crippen molar-refractivity contribution in [1.29, 1.82) is 0 Å². The fourth-order valence-corrected chi connectivity index (χ4v) is 8.18. The molecule has 8 atom stereocenters. The van der Waals surface area contributed by atoms with E-state index in [-0.39, 0.29) is 29.3 Å². The van der Waals surface area contributed by atoms with Gasteiger partial charge in [0.15, 0.2) is 0 Å². The molecule has 0 heterocycles. The number of aliphatic hydroxyl groups is 3. The lowest BCUT2D eigenvalue weighted by atomic mass is 9.40. The summed E-state index contributed by atoms with van der Waals surface area (Å²) in [6, 6.07) is 0. The molecule has 0 aromatic rings. The number of fused-ring (bicyclic) bond motifs is 3. The third-order valence-corrected chi connectivity index (χ3v) is 9.00. The molecule has 0 aromatic heterocycles. The van der Waals surface area contributed by atoms with Crippen molar-refractivity contribution in [3.63, 3.8) is 0 Å². The Labute approximate surface area is 149 Å². The summed E-state index contributed by atoms with van der Waals surface area (Å²) in [7, 11) is 0. The van der Waals surface area contributed by atoms with E-state index in [1.165, 1.54) is 0 Å². The first-order valence-electron chi connectivity index (χ1n) is 9.84. The van der Waals surface area contributed by atoms with Crippen molar-refractivity contribution in [2.24, 2.45) is 34.0 Å². The summed E-state index contributed by atoms with van der Waals surface area (Å²) in [6.07, 6.45) is 5.65. The summed E-state index contributed by atoms with van der Waals surface area (Å²) >= 11 is 0. The van der Waals surface area contributed by atoms with Crippen LogP contribution in [0.5, 0.6) is 0 Å². The molecule has 4 aliphatic carbocycles. The first-order chi connectivity index (χ1) is 11.6. The number of carbonyl (C=O) groups is 1. The molecular formula is C20H32O5. The number of aliphatic hydroxyl groups excluding tert-OH is 2. The smallest absolute Gasteiger partial charge is 0.309 e. The molecule has 0 saturated heterocycles. The van der Waals surface area contributed by atoms with Crippen LogP contribution >= 0.6 is 0 Å². The summed E-state index contributed by atoms with van der Waals surface area (Å²) < 4.78 is 0. The molecule has 4 aliphatic rings. The molecule has 1 spiro atoms. The lowest BCUT2D eigenvalue weighted by Gasteiger charge is -2.64. The molecule has 0 aliphatic heterocycles. The van der Waals surface area contributed by atoms with Gasteiger partial charge in [-0.3, -0.25) is 4.79 Å². The highest BCUT2D eigenvalue weighted by molar-refractivity contribution is 5.75. The van der Waals surface area contributed by atoms with Crippen LogP contribution in [0.4, 0.5) is 0 Å². The second-order valence-electron chi connectivity index (χ2n) is 10.2. The average molecular weight is 352 g/mol. The first kappa shape index (κ1) is 17.7. The number of rotatable bonds is 2. The van der Waals surface area contributed by atoms with Crippen LogP contribution in [0.1, 0.15) is 65.2 Å². The van der Waals surface area contributed by atoms with Crippen LogP contribution in [0.15, 0.2) is 0 Å². The molecule has 0 amide bonds. The largest absolute Gasteiger partial charge is 0.481 e. The Balaban J connectivity index is 1.75. The zero-order valence-electron chi connectivity index (χ0n) is 15.4. The maximum atomic E-state index is 12.1. The summed E-state index contributed by atoms with van der Waals surface area (Å²) in [6.45, 7) is 3.84. The molecule has 25 heavy (non-hydrogen) atoms. The van der Waals surface area contributed by atoms with E-state index in [4.69, 9.17) is 0 Å². The van der Waals surface area contributed by atoms with Crippen LogP contribution in [0.2, 0.25) is 0 Å². The molecule has 5 heteroatoms. The van der Waals surface area contributed by atoms with Crippen molar-refractivity contribution in [2.45, 2.75) is 76.9 Å². The summed E-state index contributed by atoms with van der Waals surface area (Å²) in [5.41, 5.74) is -2.06. The van der Waals surface area contributed by atoms with E-state index in [2.05, 4.69) is 6.92 Å². The molecule has 0 radical (unpaired) electrons. The highest BCUT2D eigenvalue weighted by atomic mass is 16.4. The zero-order chi connectivity index (χ0) is 18.3. The van der Waals surface area contributed by atoms with Crippen molar-refractivity contribution in [1.82, 2.24) is 0 Å². The maximum Gasteiger partial charge on any atom is 0.309 e. The number of hydrogen-bond donors (Lipinski definition) is 4. The monoisotopic (exact) mass is 352 g/mol.